The number of aliphatic hydroxyl groups is 1. The van der Waals surface area contributed by atoms with Gasteiger partial charge in [-0.15, -0.1) is 11.3 Å². The number of thiazole rings is 1. The molecule has 1 aromatic heterocycles. The molecule has 0 aliphatic carbocycles. The van der Waals surface area contributed by atoms with Gasteiger partial charge in [0.2, 0.25) is 0 Å². The summed E-state index contributed by atoms with van der Waals surface area (Å²) >= 11 is 1.52. The summed E-state index contributed by atoms with van der Waals surface area (Å²) in [6, 6.07) is 8.57. The van der Waals surface area contributed by atoms with Crippen molar-refractivity contribution >= 4 is 17.4 Å². The first-order chi connectivity index (χ1) is 10.2. The maximum Gasteiger partial charge on any atom is 0.315 e. The van der Waals surface area contributed by atoms with E-state index in [1.165, 1.54) is 11.3 Å². The molecule has 0 saturated heterocycles. The van der Waals surface area contributed by atoms with E-state index < -0.39 is 6.04 Å². The van der Waals surface area contributed by atoms with Gasteiger partial charge in [0.15, 0.2) is 0 Å². The van der Waals surface area contributed by atoms with Crippen LogP contribution in [0.4, 0.5) is 4.79 Å². The quantitative estimate of drug-likeness (QED) is 0.768. The van der Waals surface area contributed by atoms with Crippen molar-refractivity contribution in [2.75, 3.05) is 6.61 Å². The summed E-state index contributed by atoms with van der Waals surface area (Å²) in [5, 5.41) is 17.9. The van der Waals surface area contributed by atoms with Crippen molar-refractivity contribution in [2.24, 2.45) is 0 Å². The molecular formula is C15H19N3O2S. The largest absolute Gasteiger partial charge is 0.394 e. The average molecular weight is 305 g/mol. The lowest BCUT2D eigenvalue weighted by molar-refractivity contribution is 0.214. The van der Waals surface area contributed by atoms with Gasteiger partial charge in [0, 0.05) is 11.6 Å². The molecule has 2 unspecified atom stereocenters. The number of hydrogen-bond acceptors (Lipinski definition) is 4. The second-order valence-corrected chi connectivity index (χ2v) is 5.52. The highest BCUT2D eigenvalue weighted by Crippen LogP contribution is 2.19. The van der Waals surface area contributed by atoms with Crippen molar-refractivity contribution in [3.8, 4) is 0 Å². The minimum atomic E-state index is -0.417. The van der Waals surface area contributed by atoms with Crippen molar-refractivity contribution in [2.45, 2.75) is 25.4 Å². The lowest BCUT2D eigenvalue weighted by atomic mass is 10.1. The van der Waals surface area contributed by atoms with Crippen LogP contribution in [-0.4, -0.2) is 22.7 Å². The number of urea groups is 1. The SMILES string of the molecule is CCC(NC(=O)NC(CO)c1ccccc1)c1nccs1. The molecule has 0 aliphatic heterocycles. The first-order valence-electron chi connectivity index (χ1n) is 6.86. The van der Waals surface area contributed by atoms with Gasteiger partial charge in [-0.05, 0) is 12.0 Å². The maximum atomic E-state index is 12.1. The highest BCUT2D eigenvalue weighted by molar-refractivity contribution is 7.09. The lowest BCUT2D eigenvalue weighted by Gasteiger charge is -2.20. The monoisotopic (exact) mass is 305 g/mol. The van der Waals surface area contributed by atoms with E-state index in [0.29, 0.717) is 0 Å². The van der Waals surface area contributed by atoms with Crippen molar-refractivity contribution in [1.29, 1.82) is 0 Å². The minimum absolute atomic E-state index is 0.111. The summed E-state index contributed by atoms with van der Waals surface area (Å²) in [5.41, 5.74) is 0.873. The molecule has 2 rings (SSSR count). The summed E-state index contributed by atoms with van der Waals surface area (Å²) in [7, 11) is 0. The smallest absolute Gasteiger partial charge is 0.315 e. The van der Waals surface area contributed by atoms with Gasteiger partial charge >= 0.3 is 6.03 Å². The zero-order valence-electron chi connectivity index (χ0n) is 11.8. The van der Waals surface area contributed by atoms with Crippen LogP contribution >= 0.6 is 11.3 Å². The normalized spacial score (nSPS) is 13.4. The third-order valence-electron chi connectivity index (χ3n) is 3.15. The van der Waals surface area contributed by atoms with Crippen molar-refractivity contribution in [1.82, 2.24) is 15.6 Å². The fraction of sp³-hybridized carbons (Fsp3) is 0.333. The zero-order chi connectivity index (χ0) is 15.1. The van der Waals surface area contributed by atoms with Crippen molar-refractivity contribution in [3.63, 3.8) is 0 Å². The van der Waals surface area contributed by atoms with E-state index in [2.05, 4.69) is 15.6 Å². The number of nitrogens with zero attached hydrogens (tertiary/aromatic N) is 1. The Morgan fingerprint density at radius 2 is 2.00 bits per heavy atom. The standard InChI is InChI=1S/C15H19N3O2S/c1-2-12(14-16-8-9-21-14)17-15(20)18-13(10-19)11-6-4-3-5-7-11/h3-9,12-13,19H,2,10H2,1H3,(H2,17,18,20). The molecule has 2 amide bonds. The number of aliphatic hydroxyl groups excluding tert-OH is 1. The molecule has 21 heavy (non-hydrogen) atoms. The molecule has 1 heterocycles. The lowest BCUT2D eigenvalue weighted by Crippen LogP contribution is -2.40. The van der Waals surface area contributed by atoms with E-state index in [-0.39, 0.29) is 18.7 Å². The van der Waals surface area contributed by atoms with Crippen LogP contribution in [-0.2, 0) is 0 Å². The number of carbonyl (C=O) groups excluding carboxylic acids is 1. The van der Waals surface area contributed by atoms with Gasteiger partial charge in [0.05, 0.1) is 18.7 Å². The van der Waals surface area contributed by atoms with E-state index >= 15 is 0 Å². The predicted molar refractivity (Wildman–Crippen MR) is 83.1 cm³/mol. The van der Waals surface area contributed by atoms with Crippen LogP contribution in [0.3, 0.4) is 0 Å². The molecule has 112 valence electrons. The fourth-order valence-electron chi connectivity index (χ4n) is 2.02. The number of nitrogens with one attached hydrogen (secondary N) is 2. The Hall–Kier alpha value is -1.92. The Morgan fingerprint density at radius 3 is 2.57 bits per heavy atom. The number of hydrogen-bond donors (Lipinski definition) is 3. The number of aromatic nitrogens is 1. The number of rotatable bonds is 6. The number of benzene rings is 1. The van der Waals surface area contributed by atoms with Crippen LogP contribution in [0, 0.1) is 0 Å². The van der Waals surface area contributed by atoms with Crippen LogP contribution in [0.1, 0.15) is 36.0 Å². The highest BCUT2D eigenvalue weighted by atomic mass is 32.1. The Labute approximate surface area is 128 Å². The zero-order valence-corrected chi connectivity index (χ0v) is 12.6. The summed E-state index contributed by atoms with van der Waals surface area (Å²) in [4.78, 5) is 16.3. The molecular weight excluding hydrogens is 286 g/mol. The third-order valence-corrected chi connectivity index (χ3v) is 4.04. The van der Waals surface area contributed by atoms with Gasteiger partial charge in [0.1, 0.15) is 5.01 Å². The summed E-state index contributed by atoms with van der Waals surface area (Å²) < 4.78 is 0. The predicted octanol–water partition coefficient (Wildman–Crippen LogP) is 2.63. The fourth-order valence-corrected chi connectivity index (χ4v) is 2.80. The molecule has 2 atom stereocenters. The van der Waals surface area contributed by atoms with Crippen molar-refractivity contribution < 1.29 is 9.90 Å². The molecule has 0 spiro atoms. The van der Waals surface area contributed by atoms with Gasteiger partial charge in [0.25, 0.3) is 0 Å². The molecule has 0 fully saturated rings. The third kappa shape index (κ3) is 4.27. The molecule has 0 radical (unpaired) electrons. The topological polar surface area (TPSA) is 74.2 Å². The van der Waals surface area contributed by atoms with E-state index in [0.717, 1.165) is 17.0 Å². The minimum Gasteiger partial charge on any atom is -0.394 e. The van der Waals surface area contributed by atoms with E-state index in [9.17, 15) is 9.90 Å². The van der Waals surface area contributed by atoms with Gasteiger partial charge in [-0.2, -0.15) is 0 Å². The molecule has 5 nitrogen and oxygen atoms in total. The van der Waals surface area contributed by atoms with E-state index in [4.69, 9.17) is 0 Å². The molecule has 6 heteroatoms. The second-order valence-electron chi connectivity index (χ2n) is 4.59. The van der Waals surface area contributed by atoms with Crippen LogP contribution in [0.5, 0.6) is 0 Å². The Morgan fingerprint density at radius 1 is 1.29 bits per heavy atom. The maximum absolute atomic E-state index is 12.1. The second kappa shape index (κ2) is 7.75. The molecule has 0 aliphatic rings. The molecule has 0 saturated carbocycles. The highest BCUT2D eigenvalue weighted by Gasteiger charge is 2.18. The summed E-state index contributed by atoms with van der Waals surface area (Å²) in [5.74, 6) is 0. The van der Waals surface area contributed by atoms with Crippen LogP contribution in [0.15, 0.2) is 41.9 Å². The van der Waals surface area contributed by atoms with E-state index in [1.54, 1.807) is 6.20 Å². The van der Waals surface area contributed by atoms with Crippen LogP contribution in [0.2, 0.25) is 0 Å². The summed E-state index contributed by atoms with van der Waals surface area (Å²) in [6.07, 6.45) is 2.48. The first-order valence-corrected chi connectivity index (χ1v) is 7.74. The Bertz CT molecular complexity index is 545. The average Bonchev–Trinajstić information content (AvgIpc) is 3.05. The van der Waals surface area contributed by atoms with Crippen LogP contribution in [0.25, 0.3) is 0 Å². The van der Waals surface area contributed by atoms with Gasteiger partial charge in [-0.1, -0.05) is 37.3 Å². The number of carbonyl (C=O) groups is 1. The Kier molecular flexibility index (Phi) is 5.71. The molecule has 3 N–H and O–H groups in total. The van der Waals surface area contributed by atoms with E-state index in [1.807, 2.05) is 42.6 Å². The van der Waals surface area contributed by atoms with Gasteiger partial charge < -0.3 is 15.7 Å². The summed E-state index contributed by atoms with van der Waals surface area (Å²) in [6.45, 7) is 1.85. The molecule has 0 bridgehead atoms. The van der Waals surface area contributed by atoms with Crippen molar-refractivity contribution in [3.05, 3.63) is 52.5 Å². The first kappa shape index (κ1) is 15.5. The molecule has 1 aromatic carbocycles. The molecule has 2 aromatic rings. The van der Waals surface area contributed by atoms with Gasteiger partial charge in [-0.3, -0.25) is 0 Å². The van der Waals surface area contributed by atoms with Crippen LogP contribution < -0.4 is 10.6 Å². The Balaban J connectivity index is 1.97. The van der Waals surface area contributed by atoms with Gasteiger partial charge in [-0.25, -0.2) is 9.78 Å². The number of amides is 2.